The molecule has 2 atom stereocenters. The molecule has 3 fully saturated rings. The highest BCUT2D eigenvalue weighted by atomic mass is 16.2. The molecule has 1 saturated heterocycles. The van der Waals surface area contributed by atoms with Gasteiger partial charge in [0, 0.05) is 36.8 Å². The van der Waals surface area contributed by atoms with E-state index in [1.54, 1.807) is 6.33 Å². The molecule has 6 nitrogen and oxygen atoms in total. The minimum atomic E-state index is -0.561. The fourth-order valence-corrected chi connectivity index (χ4v) is 3.54. The maximum atomic E-state index is 12.5. The molecule has 0 radical (unpaired) electrons. The number of nitrogens with one attached hydrogen (secondary N) is 1. The van der Waals surface area contributed by atoms with Gasteiger partial charge in [0.1, 0.15) is 12.1 Å². The summed E-state index contributed by atoms with van der Waals surface area (Å²) in [5.74, 6) is 2.25. The van der Waals surface area contributed by atoms with Gasteiger partial charge >= 0.3 is 0 Å². The number of carbonyl (C=O) groups excluding carboxylic acids is 1. The first-order valence-corrected chi connectivity index (χ1v) is 8.19. The third-order valence-corrected chi connectivity index (χ3v) is 5.23. The zero-order chi connectivity index (χ0) is 15.3. The number of carbonyl (C=O) groups is 1. The molecule has 1 aromatic rings. The second-order valence-electron chi connectivity index (χ2n) is 7.16. The third-order valence-electron chi connectivity index (χ3n) is 5.23. The molecule has 118 valence electrons. The average molecular weight is 301 g/mol. The molecule has 22 heavy (non-hydrogen) atoms. The number of nitrogens with zero attached hydrogens (tertiary/aromatic N) is 3. The summed E-state index contributed by atoms with van der Waals surface area (Å²) in [4.78, 5) is 22.9. The topological polar surface area (TPSA) is 84.1 Å². The molecule has 0 spiro atoms. The van der Waals surface area contributed by atoms with E-state index in [-0.39, 0.29) is 11.9 Å². The van der Waals surface area contributed by atoms with E-state index in [0.717, 1.165) is 43.4 Å². The van der Waals surface area contributed by atoms with E-state index in [1.807, 2.05) is 17.9 Å². The van der Waals surface area contributed by atoms with Gasteiger partial charge in [0.25, 0.3) is 0 Å². The zero-order valence-corrected chi connectivity index (χ0v) is 13.0. The summed E-state index contributed by atoms with van der Waals surface area (Å²) < 4.78 is 0. The van der Waals surface area contributed by atoms with E-state index < -0.39 is 5.54 Å². The van der Waals surface area contributed by atoms with Gasteiger partial charge in [-0.3, -0.25) is 4.79 Å². The van der Waals surface area contributed by atoms with Crippen molar-refractivity contribution in [3.8, 4) is 0 Å². The van der Waals surface area contributed by atoms with Crippen molar-refractivity contribution in [3.63, 3.8) is 0 Å². The third kappa shape index (κ3) is 2.56. The summed E-state index contributed by atoms with van der Waals surface area (Å²) >= 11 is 0. The Balaban J connectivity index is 1.49. The molecule has 3 N–H and O–H groups in total. The molecule has 1 aliphatic heterocycles. The molecular formula is C16H23N5O. The summed E-state index contributed by atoms with van der Waals surface area (Å²) in [5, 5.41) is 3.52. The van der Waals surface area contributed by atoms with Gasteiger partial charge < -0.3 is 16.0 Å². The summed E-state index contributed by atoms with van der Waals surface area (Å²) in [5.41, 5.74) is 6.48. The van der Waals surface area contributed by atoms with E-state index in [2.05, 4.69) is 15.3 Å². The highest BCUT2D eigenvalue weighted by Crippen LogP contribution is 2.43. The molecular weight excluding hydrogens is 278 g/mol. The fourth-order valence-electron chi connectivity index (χ4n) is 3.54. The van der Waals surface area contributed by atoms with Gasteiger partial charge in [0.2, 0.25) is 5.91 Å². The Bertz CT molecular complexity index is 596. The summed E-state index contributed by atoms with van der Waals surface area (Å²) in [6.45, 7) is 3.53. The van der Waals surface area contributed by atoms with Crippen molar-refractivity contribution in [2.45, 2.75) is 44.2 Å². The normalized spacial score (nSPS) is 29.5. The van der Waals surface area contributed by atoms with Crippen molar-refractivity contribution in [1.29, 1.82) is 0 Å². The average Bonchev–Trinajstić information content (AvgIpc) is 3.41. The number of nitrogens with two attached hydrogens (primary N) is 1. The van der Waals surface area contributed by atoms with Crippen molar-refractivity contribution in [3.05, 3.63) is 18.1 Å². The van der Waals surface area contributed by atoms with Gasteiger partial charge in [-0.2, -0.15) is 0 Å². The van der Waals surface area contributed by atoms with Gasteiger partial charge in [-0.1, -0.05) is 0 Å². The number of amides is 1. The Labute approximate surface area is 130 Å². The maximum Gasteiger partial charge on any atom is 0.242 e. The number of aryl methyl sites for hydroxylation is 1. The molecule has 4 rings (SSSR count). The van der Waals surface area contributed by atoms with Gasteiger partial charge in [0.05, 0.1) is 5.54 Å². The number of hydrogen-bond donors (Lipinski definition) is 2. The highest BCUT2D eigenvalue weighted by molar-refractivity contribution is 5.89. The van der Waals surface area contributed by atoms with Crippen LogP contribution in [0.5, 0.6) is 0 Å². The van der Waals surface area contributed by atoms with Crippen LogP contribution in [0.15, 0.2) is 12.4 Å². The lowest BCUT2D eigenvalue weighted by Crippen LogP contribution is -2.45. The maximum absolute atomic E-state index is 12.5. The lowest BCUT2D eigenvalue weighted by atomic mass is 9.98. The Morgan fingerprint density at radius 1 is 1.36 bits per heavy atom. The van der Waals surface area contributed by atoms with E-state index in [0.29, 0.717) is 5.92 Å². The van der Waals surface area contributed by atoms with Crippen molar-refractivity contribution >= 4 is 11.7 Å². The zero-order valence-electron chi connectivity index (χ0n) is 13.0. The Morgan fingerprint density at radius 3 is 2.77 bits per heavy atom. The van der Waals surface area contributed by atoms with Crippen molar-refractivity contribution < 1.29 is 4.79 Å². The van der Waals surface area contributed by atoms with Crippen LogP contribution in [0.2, 0.25) is 0 Å². The van der Waals surface area contributed by atoms with Crippen LogP contribution in [0.1, 0.15) is 31.4 Å². The van der Waals surface area contributed by atoms with E-state index in [1.165, 1.54) is 12.8 Å². The Morgan fingerprint density at radius 2 is 2.14 bits per heavy atom. The van der Waals surface area contributed by atoms with Crippen LogP contribution in [0.25, 0.3) is 0 Å². The van der Waals surface area contributed by atoms with E-state index in [9.17, 15) is 4.79 Å². The Hall–Kier alpha value is -1.69. The second kappa shape index (κ2) is 4.91. The molecule has 0 aromatic carbocycles. The molecule has 1 aromatic heterocycles. The van der Waals surface area contributed by atoms with Crippen LogP contribution in [0.3, 0.4) is 0 Å². The quantitative estimate of drug-likeness (QED) is 0.864. The first-order valence-electron chi connectivity index (χ1n) is 8.19. The van der Waals surface area contributed by atoms with Crippen molar-refractivity contribution in [2.75, 3.05) is 18.4 Å². The van der Waals surface area contributed by atoms with Crippen molar-refractivity contribution in [2.24, 2.45) is 17.6 Å². The monoisotopic (exact) mass is 301 g/mol. The van der Waals surface area contributed by atoms with Crippen LogP contribution >= 0.6 is 0 Å². The summed E-state index contributed by atoms with van der Waals surface area (Å²) in [7, 11) is 0. The van der Waals surface area contributed by atoms with Crippen LogP contribution in [0.4, 0.5) is 5.82 Å². The molecule has 0 unspecified atom stereocenters. The number of anilines is 1. The number of rotatable bonds is 4. The first-order chi connectivity index (χ1) is 10.5. The van der Waals surface area contributed by atoms with Gasteiger partial charge in [-0.05, 0) is 38.5 Å². The molecule has 2 heterocycles. The lowest BCUT2D eigenvalue weighted by Gasteiger charge is -2.20. The SMILES string of the molecule is Cc1cc(N[C@H]2CN(C(=O)C3(N)CC3)C[C@@H]2C2CC2)ncn1. The summed E-state index contributed by atoms with van der Waals surface area (Å²) in [6.07, 6.45) is 5.81. The predicted octanol–water partition coefficient (Wildman–Crippen LogP) is 0.925. The molecule has 2 saturated carbocycles. The standard InChI is InChI=1S/C16H23N5O/c1-10-6-14(19-9-18-10)20-13-8-21(7-12(13)11-2-3-11)15(22)16(17)4-5-16/h6,9,11-13H,2-5,7-8,17H2,1H3,(H,18,19,20)/t12-,13+/m1/s1. The fraction of sp³-hybridized carbons (Fsp3) is 0.688. The van der Waals surface area contributed by atoms with Gasteiger partial charge in [0.15, 0.2) is 0 Å². The van der Waals surface area contributed by atoms with Gasteiger partial charge in [-0.15, -0.1) is 0 Å². The predicted molar refractivity (Wildman–Crippen MR) is 83.1 cm³/mol. The number of aromatic nitrogens is 2. The molecule has 3 aliphatic rings. The Kier molecular flexibility index (Phi) is 3.11. The van der Waals surface area contributed by atoms with Crippen LogP contribution in [-0.4, -0.2) is 45.4 Å². The number of hydrogen-bond acceptors (Lipinski definition) is 5. The van der Waals surface area contributed by atoms with Crippen LogP contribution in [-0.2, 0) is 4.79 Å². The minimum absolute atomic E-state index is 0.140. The summed E-state index contributed by atoms with van der Waals surface area (Å²) in [6, 6.07) is 2.23. The van der Waals surface area contributed by atoms with Crippen LogP contribution in [0, 0.1) is 18.8 Å². The van der Waals surface area contributed by atoms with E-state index in [4.69, 9.17) is 5.73 Å². The highest BCUT2D eigenvalue weighted by Gasteiger charge is 2.52. The second-order valence-corrected chi connectivity index (χ2v) is 7.16. The van der Waals surface area contributed by atoms with Crippen LogP contribution < -0.4 is 11.1 Å². The molecule has 6 heteroatoms. The van der Waals surface area contributed by atoms with Gasteiger partial charge in [-0.25, -0.2) is 9.97 Å². The lowest BCUT2D eigenvalue weighted by molar-refractivity contribution is -0.132. The first kappa shape index (κ1) is 13.9. The number of likely N-dealkylation sites (tertiary alicyclic amines) is 1. The minimum Gasteiger partial charge on any atom is -0.365 e. The largest absolute Gasteiger partial charge is 0.365 e. The van der Waals surface area contributed by atoms with E-state index >= 15 is 0 Å². The smallest absolute Gasteiger partial charge is 0.242 e. The molecule has 2 aliphatic carbocycles. The molecule has 1 amide bonds. The molecule has 0 bridgehead atoms. The van der Waals surface area contributed by atoms with Crippen molar-refractivity contribution in [1.82, 2.24) is 14.9 Å².